The summed E-state index contributed by atoms with van der Waals surface area (Å²) in [6.07, 6.45) is 2.85. The third-order valence-corrected chi connectivity index (χ3v) is 5.50. The van der Waals surface area contributed by atoms with Gasteiger partial charge in [0.2, 0.25) is 0 Å². The Morgan fingerprint density at radius 1 is 0.967 bits per heavy atom. The zero-order valence-corrected chi connectivity index (χ0v) is 17.6. The monoisotopic (exact) mass is 442 g/mol. The molecule has 0 aliphatic carbocycles. The topological polar surface area (TPSA) is 89.9 Å². The summed E-state index contributed by atoms with van der Waals surface area (Å²) in [5.74, 6) is 1.39. The molecule has 0 amide bonds. The maximum atomic E-state index is 10.9. The molecule has 0 bridgehead atoms. The molecule has 0 atom stereocenters. The van der Waals surface area contributed by atoms with Gasteiger partial charge >= 0.3 is 11.9 Å². The number of carboxylic acid groups (broad SMARTS) is 1. The highest BCUT2D eigenvalue weighted by molar-refractivity contribution is 7.13. The molecule has 0 spiro atoms. The number of thiophene rings is 2. The van der Waals surface area contributed by atoms with Crippen LogP contribution in [0.5, 0.6) is 0 Å². The highest BCUT2D eigenvalue weighted by atomic mass is 32.1. The Hall–Kier alpha value is -3.36. The van der Waals surface area contributed by atoms with Crippen molar-refractivity contribution in [3.05, 3.63) is 76.9 Å². The number of carbonyl (C=O) groups excluding carboxylic acids is 1. The standard InChI is InChI=1S/C12H10O3S.C10H8O3S/c1-14-12(13)7-5-9-4-6-10(15-9)11-3-2-8-16-11;11-10(12)6-7-3-4-8(13-7)9-2-1-5-14-9/h2-8H,1H3;1-5H,6H2,(H,11,12). The SMILES string of the molecule is COC(=O)C=Cc1ccc(-c2cccs2)o1.O=C(O)Cc1ccc(-c2cccs2)o1. The minimum Gasteiger partial charge on any atom is -0.481 e. The van der Waals surface area contributed by atoms with Crippen LogP contribution in [0, 0.1) is 0 Å². The summed E-state index contributed by atoms with van der Waals surface area (Å²) in [6, 6.07) is 15.0. The average Bonchev–Trinajstić information content (AvgIpc) is 3.53. The first-order valence-corrected chi connectivity index (χ1v) is 10.5. The predicted molar refractivity (Wildman–Crippen MR) is 116 cm³/mol. The number of methoxy groups -OCH3 is 1. The second-order valence-corrected chi connectivity index (χ2v) is 7.74. The Morgan fingerprint density at radius 3 is 2.17 bits per heavy atom. The van der Waals surface area contributed by atoms with Crippen molar-refractivity contribution < 1.29 is 28.3 Å². The first-order chi connectivity index (χ1) is 14.5. The molecule has 154 valence electrons. The molecular formula is C22H18O6S2. The van der Waals surface area contributed by atoms with Crippen LogP contribution in [-0.2, 0) is 20.7 Å². The first-order valence-electron chi connectivity index (χ1n) is 8.79. The summed E-state index contributed by atoms with van der Waals surface area (Å²) >= 11 is 3.18. The molecule has 4 aromatic rings. The number of rotatable bonds is 6. The Kier molecular flexibility index (Phi) is 7.42. The summed E-state index contributed by atoms with van der Waals surface area (Å²) in [5.41, 5.74) is 0. The average molecular weight is 443 g/mol. The molecule has 0 aromatic carbocycles. The number of aliphatic carboxylic acids is 1. The van der Waals surface area contributed by atoms with Crippen LogP contribution in [0.25, 0.3) is 27.4 Å². The lowest BCUT2D eigenvalue weighted by Crippen LogP contribution is -1.97. The van der Waals surface area contributed by atoms with Crippen molar-refractivity contribution in [2.24, 2.45) is 0 Å². The van der Waals surface area contributed by atoms with Gasteiger partial charge in [-0.15, -0.1) is 22.7 Å². The second-order valence-electron chi connectivity index (χ2n) is 5.85. The number of hydrogen-bond donors (Lipinski definition) is 1. The summed E-state index contributed by atoms with van der Waals surface area (Å²) < 4.78 is 15.4. The molecule has 4 rings (SSSR count). The van der Waals surface area contributed by atoms with Gasteiger partial charge < -0.3 is 18.7 Å². The normalized spacial score (nSPS) is 10.6. The van der Waals surface area contributed by atoms with Crippen molar-refractivity contribution >= 4 is 40.7 Å². The fraction of sp³-hybridized carbons (Fsp3) is 0.0909. The molecule has 0 saturated heterocycles. The van der Waals surface area contributed by atoms with Gasteiger partial charge in [-0.2, -0.15) is 0 Å². The van der Waals surface area contributed by atoms with E-state index in [1.165, 1.54) is 13.2 Å². The summed E-state index contributed by atoms with van der Waals surface area (Å²) in [4.78, 5) is 23.4. The molecule has 4 aromatic heterocycles. The molecule has 6 nitrogen and oxygen atoms in total. The summed E-state index contributed by atoms with van der Waals surface area (Å²) in [7, 11) is 1.34. The van der Waals surface area contributed by atoms with E-state index < -0.39 is 11.9 Å². The van der Waals surface area contributed by atoms with Gasteiger partial charge in [0.25, 0.3) is 0 Å². The number of hydrogen-bond acceptors (Lipinski definition) is 7. The minimum atomic E-state index is -0.878. The van der Waals surface area contributed by atoms with Crippen molar-refractivity contribution in [3.8, 4) is 21.3 Å². The van der Waals surface area contributed by atoms with E-state index in [0.717, 1.165) is 21.3 Å². The molecule has 30 heavy (non-hydrogen) atoms. The number of carboxylic acids is 1. The summed E-state index contributed by atoms with van der Waals surface area (Å²) in [6.45, 7) is 0. The van der Waals surface area contributed by atoms with Crippen LogP contribution in [0.15, 0.2) is 74.2 Å². The van der Waals surface area contributed by atoms with Crippen LogP contribution < -0.4 is 0 Å². The van der Waals surface area contributed by atoms with Crippen molar-refractivity contribution in [1.82, 2.24) is 0 Å². The molecule has 0 radical (unpaired) electrons. The lowest BCUT2D eigenvalue weighted by Gasteiger charge is -1.90. The molecule has 0 aliphatic heterocycles. The van der Waals surface area contributed by atoms with E-state index in [-0.39, 0.29) is 6.42 Å². The Balaban J connectivity index is 0.000000172. The van der Waals surface area contributed by atoms with Crippen molar-refractivity contribution in [2.75, 3.05) is 7.11 Å². The van der Waals surface area contributed by atoms with Crippen molar-refractivity contribution in [1.29, 1.82) is 0 Å². The van der Waals surface area contributed by atoms with E-state index in [1.807, 2.05) is 47.2 Å². The fourth-order valence-corrected chi connectivity index (χ4v) is 3.76. The van der Waals surface area contributed by atoms with E-state index in [2.05, 4.69) is 4.74 Å². The van der Waals surface area contributed by atoms with Crippen molar-refractivity contribution in [2.45, 2.75) is 6.42 Å². The second kappa shape index (κ2) is 10.4. The zero-order valence-electron chi connectivity index (χ0n) is 15.9. The molecule has 1 N–H and O–H groups in total. The van der Waals surface area contributed by atoms with Crippen LogP contribution in [0.4, 0.5) is 0 Å². The lowest BCUT2D eigenvalue weighted by atomic mass is 10.3. The predicted octanol–water partition coefficient (Wildman–Crippen LogP) is 5.83. The molecule has 8 heteroatoms. The van der Waals surface area contributed by atoms with Gasteiger partial charge in [-0.05, 0) is 53.2 Å². The highest BCUT2D eigenvalue weighted by Gasteiger charge is 2.08. The molecule has 0 saturated carbocycles. The number of furan rings is 2. The maximum absolute atomic E-state index is 10.9. The van der Waals surface area contributed by atoms with Crippen molar-refractivity contribution in [3.63, 3.8) is 0 Å². The lowest BCUT2D eigenvalue weighted by molar-refractivity contribution is -0.136. The maximum Gasteiger partial charge on any atom is 0.330 e. The highest BCUT2D eigenvalue weighted by Crippen LogP contribution is 2.27. The quantitative estimate of drug-likeness (QED) is 0.298. The largest absolute Gasteiger partial charge is 0.481 e. The minimum absolute atomic E-state index is 0.0641. The Morgan fingerprint density at radius 2 is 1.60 bits per heavy atom. The van der Waals surface area contributed by atoms with Crippen LogP contribution >= 0.6 is 22.7 Å². The number of esters is 1. The number of carbonyl (C=O) groups is 2. The summed E-state index contributed by atoms with van der Waals surface area (Å²) in [5, 5.41) is 12.5. The molecule has 0 unspecified atom stereocenters. The van der Waals surface area contributed by atoms with E-state index in [0.29, 0.717) is 11.5 Å². The third-order valence-electron chi connectivity index (χ3n) is 3.73. The van der Waals surface area contributed by atoms with E-state index >= 15 is 0 Å². The Labute approximate surface area is 180 Å². The molecule has 0 fully saturated rings. The van der Waals surface area contributed by atoms with Gasteiger partial charge in [0.15, 0.2) is 0 Å². The molecular weight excluding hydrogens is 424 g/mol. The van der Waals surface area contributed by atoms with Gasteiger partial charge in [-0.3, -0.25) is 4.79 Å². The number of ether oxygens (including phenoxy) is 1. The van der Waals surface area contributed by atoms with E-state index in [1.54, 1.807) is 40.9 Å². The van der Waals surface area contributed by atoms with E-state index in [4.69, 9.17) is 13.9 Å². The zero-order chi connectivity index (χ0) is 21.3. The van der Waals surface area contributed by atoms with Crippen LogP contribution in [0.2, 0.25) is 0 Å². The van der Waals surface area contributed by atoms with Gasteiger partial charge in [0, 0.05) is 6.08 Å². The van der Waals surface area contributed by atoms with Crippen LogP contribution in [0.1, 0.15) is 11.5 Å². The van der Waals surface area contributed by atoms with Crippen LogP contribution in [0.3, 0.4) is 0 Å². The first kappa shape index (κ1) is 21.4. The smallest absolute Gasteiger partial charge is 0.330 e. The van der Waals surface area contributed by atoms with Gasteiger partial charge in [0.1, 0.15) is 29.5 Å². The fourth-order valence-electron chi connectivity index (χ4n) is 2.38. The van der Waals surface area contributed by atoms with Gasteiger partial charge in [0.05, 0.1) is 16.9 Å². The van der Waals surface area contributed by atoms with Gasteiger partial charge in [-0.1, -0.05) is 12.1 Å². The van der Waals surface area contributed by atoms with Gasteiger partial charge in [-0.25, -0.2) is 4.79 Å². The molecule has 0 aliphatic rings. The third kappa shape index (κ3) is 6.07. The van der Waals surface area contributed by atoms with Crippen LogP contribution in [-0.4, -0.2) is 24.2 Å². The Bertz CT molecular complexity index is 1100. The molecule has 4 heterocycles. The van der Waals surface area contributed by atoms with E-state index in [9.17, 15) is 9.59 Å².